The smallest absolute Gasteiger partial charge is 0.308 e. The van der Waals surface area contributed by atoms with Gasteiger partial charge in [-0.15, -0.1) is 0 Å². The highest BCUT2D eigenvalue weighted by molar-refractivity contribution is 5.92. The third-order valence-electron chi connectivity index (χ3n) is 3.72. The molecule has 110 valence electrons. The molecule has 2 rings (SSSR count). The minimum absolute atomic E-state index is 0.0517. The minimum Gasteiger partial charge on any atom is -0.469 e. The van der Waals surface area contributed by atoms with E-state index in [2.05, 4.69) is 10.3 Å². The fourth-order valence-corrected chi connectivity index (χ4v) is 2.49. The van der Waals surface area contributed by atoms with E-state index < -0.39 is 0 Å². The highest BCUT2D eigenvalue weighted by Gasteiger charge is 2.27. The Hall–Kier alpha value is -2.42. The molecule has 1 aliphatic carbocycles. The summed E-state index contributed by atoms with van der Waals surface area (Å²) in [6, 6.07) is 5.11. The van der Waals surface area contributed by atoms with Gasteiger partial charge in [0, 0.05) is 12.2 Å². The monoisotopic (exact) mass is 287 g/mol. The van der Waals surface area contributed by atoms with Gasteiger partial charge < -0.3 is 10.1 Å². The number of esters is 1. The molecular formula is C15H17N3O3. The molecule has 21 heavy (non-hydrogen) atoms. The van der Waals surface area contributed by atoms with Crippen molar-refractivity contribution in [2.75, 3.05) is 7.11 Å². The lowest BCUT2D eigenvalue weighted by molar-refractivity contribution is -0.146. The predicted molar refractivity (Wildman–Crippen MR) is 74.2 cm³/mol. The van der Waals surface area contributed by atoms with Crippen LogP contribution in [0.2, 0.25) is 0 Å². The summed E-state index contributed by atoms with van der Waals surface area (Å²) in [5.74, 6) is -0.481. The standard InChI is InChI=1S/C15H17N3O3/c1-21-15(20)11-3-5-12(6-4-11)18-14(19)13-7-2-10(8-16)9-17-13/h2,7,9,11-12H,3-6H2,1H3,(H,18,19). The van der Waals surface area contributed by atoms with Crippen molar-refractivity contribution in [3.8, 4) is 6.07 Å². The van der Waals surface area contributed by atoms with Gasteiger partial charge in [0.25, 0.3) is 5.91 Å². The molecule has 0 atom stereocenters. The summed E-state index contributed by atoms with van der Waals surface area (Å²) in [6.07, 6.45) is 4.32. The molecule has 0 aromatic carbocycles. The summed E-state index contributed by atoms with van der Waals surface area (Å²) in [4.78, 5) is 27.4. The largest absolute Gasteiger partial charge is 0.469 e. The van der Waals surface area contributed by atoms with Crippen LogP contribution in [0.1, 0.15) is 41.7 Å². The fourth-order valence-electron chi connectivity index (χ4n) is 2.49. The SMILES string of the molecule is COC(=O)C1CCC(NC(=O)c2ccc(C#N)cn2)CC1. The molecule has 0 saturated heterocycles. The van der Waals surface area contributed by atoms with Gasteiger partial charge in [-0.1, -0.05) is 0 Å². The van der Waals surface area contributed by atoms with Gasteiger partial charge in [-0.25, -0.2) is 4.98 Å². The zero-order valence-corrected chi connectivity index (χ0v) is 11.8. The highest BCUT2D eigenvalue weighted by atomic mass is 16.5. The van der Waals surface area contributed by atoms with E-state index in [1.165, 1.54) is 19.4 Å². The van der Waals surface area contributed by atoms with Gasteiger partial charge in [0.2, 0.25) is 0 Å². The molecule has 1 heterocycles. The molecule has 1 amide bonds. The fraction of sp³-hybridized carbons (Fsp3) is 0.467. The lowest BCUT2D eigenvalue weighted by Crippen LogP contribution is -2.39. The third-order valence-corrected chi connectivity index (χ3v) is 3.72. The van der Waals surface area contributed by atoms with Crippen LogP contribution in [0.4, 0.5) is 0 Å². The number of amides is 1. The molecule has 0 radical (unpaired) electrons. The van der Waals surface area contributed by atoms with Crippen molar-refractivity contribution in [1.29, 1.82) is 5.26 Å². The first-order chi connectivity index (χ1) is 10.1. The van der Waals surface area contributed by atoms with Crippen LogP contribution in [0, 0.1) is 17.2 Å². The number of carbonyl (C=O) groups excluding carboxylic acids is 2. The van der Waals surface area contributed by atoms with Crippen LogP contribution in [-0.2, 0) is 9.53 Å². The first-order valence-corrected chi connectivity index (χ1v) is 6.89. The molecule has 0 bridgehead atoms. The van der Waals surface area contributed by atoms with E-state index in [9.17, 15) is 9.59 Å². The number of carbonyl (C=O) groups is 2. The van der Waals surface area contributed by atoms with Gasteiger partial charge >= 0.3 is 5.97 Å². The van der Waals surface area contributed by atoms with Gasteiger partial charge in [-0.3, -0.25) is 9.59 Å². The topological polar surface area (TPSA) is 92.1 Å². The Labute approximate surface area is 123 Å². The van der Waals surface area contributed by atoms with Crippen LogP contribution < -0.4 is 5.32 Å². The normalized spacial score (nSPS) is 21.1. The molecule has 0 spiro atoms. The van der Waals surface area contributed by atoms with Crippen molar-refractivity contribution >= 4 is 11.9 Å². The van der Waals surface area contributed by atoms with E-state index >= 15 is 0 Å². The highest BCUT2D eigenvalue weighted by Crippen LogP contribution is 2.25. The Morgan fingerprint density at radius 3 is 2.57 bits per heavy atom. The van der Waals surface area contributed by atoms with Crippen molar-refractivity contribution in [1.82, 2.24) is 10.3 Å². The number of rotatable bonds is 3. The number of methoxy groups -OCH3 is 1. The molecule has 6 nitrogen and oxygen atoms in total. The predicted octanol–water partition coefficient (Wildman–Crippen LogP) is 1.41. The van der Waals surface area contributed by atoms with Crippen molar-refractivity contribution in [2.24, 2.45) is 5.92 Å². The first-order valence-electron chi connectivity index (χ1n) is 6.89. The van der Waals surface area contributed by atoms with Gasteiger partial charge in [0.1, 0.15) is 11.8 Å². The summed E-state index contributed by atoms with van der Waals surface area (Å²) in [6.45, 7) is 0. The number of ether oxygens (including phenoxy) is 1. The van der Waals surface area contributed by atoms with Crippen LogP contribution >= 0.6 is 0 Å². The molecule has 1 fully saturated rings. The van der Waals surface area contributed by atoms with Gasteiger partial charge in [0.05, 0.1) is 18.6 Å². The quantitative estimate of drug-likeness (QED) is 0.849. The Kier molecular flexibility index (Phi) is 4.88. The number of nitrogens with zero attached hydrogens (tertiary/aromatic N) is 2. The zero-order chi connectivity index (χ0) is 15.2. The second-order valence-electron chi connectivity index (χ2n) is 5.09. The lowest BCUT2D eigenvalue weighted by atomic mass is 9.86. The van der Waals surface area contributed by atoms with E-state index in [4.69, 9.17) is 10.00 Å². The summed E-state index contributed by atoms with van der Waals surface area (Å²) in [5, 5.41) is 11.6. The number of hydrogen-bond donors (Lipinski definition) is 1. The Balaban J connectivity index is 1.86. The van der Waals surface area contributed by atoms with Crippen LogP contribution in [0.25, 0.3) is 0 Å². The Bertz CT molecular complexity index is 555. The minimum atomic E-state index is -0.249. The molecular weight excluding hydrogens is 270 g/mol. The van der Waals surface area contributed by atoms with E-state index in [1.54, 1.807) is 6.07 Å². The Morgan fingerprint density at radius 2 is 2.05 bits per heavy atom. The van der Waals surface area contributed by atoms with Crippen molar-refractivity contribution in [3.05, 3.63) is 29.6 Å². The number of nitrogens with one attached hydrogen (secondary N) is 1. The maximum absolute atomic E-state index is 12.0. The van der Waals surface area contributed by atoms with Crippen LogP contribution in [-0.4, -0.2) is 30.0 Å². The summed E-state index contributed by atoms with van der Waals surface area (Å²) in [7, 11) is 1.40. The maximum atomic E-state index is 12.0. The van der Waals surface area contributed by atoms with Crippen LogP contribution in [0.15, 0.2) is 18.3 Å². The second kappa shape index (κ2) is 6.84. The zero-order valence-electron chi connectivity index (χ0n) is 11.8. The van der Waals surface area contributed by atoms with E-state index in [0.29, 0.717) is 11.3 Å². The number of pyridine rings is 1. The van der Waals surface area contributed by atoms with Gasteiger partial charge in [-0.2, -0.15) is 5.26 Å². The average Bonchev–Trinajstić information content (AvgIpc) is 2.55. The van der Waals surface area contributed by atoms with Crippen molar-refractivity contribution in [2.45, 2.75) is 31.7 Å². The molecule has 0 unspecified atom stereocenters. The summed E-state index contributed by atoms with van der Waals surface area (Å²) < 4.78 is 4.73. The molecule has 1 N–H and O–H groups in total. The summed E-state index contributed by atoms with van der Waals surface area (Å²) >= 11 is 0. The lowest BCUT2D eigenvalue weighted by Gasteiger charge is -2.27. The average molecular weight is 287 g/mol. The van der Waals surface area contributed by atoms with E-state index in [1.807, 2.05) is 6.07 Å². The first kappa shape index (κ1) is 15.0. The molecule has 1 aromatic rings. The van der Waals surface area contributed by atoms with Gasteiger partial charge in [-0.05, 0) is 37.8 Å². The number of nitriles is 1. The third kappa shape index (κ3) is 3.78. The molecule has 0 aliphatic heterocycles. The van der Waals surface area contributed by atoms with Crippen LogP contribution in [0.5, 0.6) is 0 Å². The maximum Gasteiger partial charge on any atom is 0.308 e. The van der Waals surface area contributed by atoms with E-state index in [0.717, 1.165) is 25.7 Å². The Morgan fingerprint density at radius 1 is 1.33 bits per heavy atom. The summed E-state index contributed by atoms with van der Waals surface area (Å²) in [5.41, 5.74) is 0.717. The number of aromatic nitrogens is 1. The van der Waals surface area contributed by atoms with Crippen LogP contribution in [0.3, 0.4) is 0 Å². The van der Waals surface area contributed by atoms with Crippen molar-refractivity contribution < 1.29 is 14.3 Å². The molecule has 1 saturated carbocycles. The molecule has 6 heteroatoms. The second-order valence-corrected chi connectivity index (χ2v) is 5.09. The molecule has 1 aromatic heterocycles. The van der Waals surface area contributed by atoms with Gasteiger partial charge in [0.15, 0.2) is 0 Å². The number of hydrogen-bond acceptors (Lipinski definition) is 5. The van der Waals surface area contributed by atoms with E-state index in [-0.39, 0.29) is 23.8 Å². The molecule has 1 aliphatic rings. The van der Waals surface area contributed by atoms with Crippen molar-refractivity contribution in [3.63, 3.8) is 0 Å².